The van der Waals surface area contributed by atoms with E-state index >= 15 is 0 Å². The largest absolute Gasteiger partial charge is 0.310 e. The van der Waals surface area contributed by atoms with E-state index in [4.69, 9.17) is 0 Å². The zero-order valence-electron chi connectivity index (χ0n) is 34.9. The maximum atomic E-state index is 2.41. The third-order valence-electron chi connectivity index (χ3n) is 12.3. The third-order valence-corrected chi connectivity index (χ3v) is 13.5. The molecule has 4 heteroatoms. The molecule has 0 unspecified atom stereocenters. The first-order valence-corrected chi connectivity index (χ1v) is 22.6. The Hall–Kier alpha value is -8.18. The molecule has 302 valence electrons. The first-order chi connectivity index (χ1) is 31.7. The lowest BCUT2D eigenvalue weighted by molar-refractivity contribution is 1.18. The summed E-state index contributed by atoms with van der Waals surface area (Å²) in [5.74, 6) is 0. The number of anilines is 6. The van der Waals surface area contributed by atoms with Crippen LogP contribution in [0.5, 0.6) is 0 Å². The van der Waals surface area contributed by atoms with Crippen LogP contribution in [0.15, 0.2) is 249 Å². The molecule has 12 rings (SSSR count). The summed E-state index contributed by atoms with van der Waals surface area (Å²) in [6.07, 6.45) is 0. The molecule has 0 aliphatic carbocycles. The van der Waals surface area contributed by atoms with Gasteiger partial charge < -0.3 is 14.4 Å². The Morgan fingerprint density at radius 3 is 1.52 bits per heavy atom. The summed E-state index contributed by atoms with van der Waals surface area (Å²) >= 11 is 1.85. The molecule has 0 radical (unpaired) electrons. The molecule has 0 fully saturated rings. The van der Waals surface area contributed by atoms with Crippen LogP contribution >= 0.6 is 11.3 Å². The van der Waals surface area contributed by atoms with E-state index in [9.17, 15) is 0 Å². The quantitative estimate of drug-likeness (QED) is 0.143. The second-order valence-corrected chi connectivity index (χ2v) is 17.3. The summed E-state index contributed by atoms with van der Waals surface area (Å²) in [5, 5.41) is 5.07. The van der Waals surface area contributed by atoms with Crippen LogP contribution in [0.3, 0.4) is 0 Å². The Bertz CT molecular complexity index is 3610. The van der Waals surface area contributed by atoms with E-state index in [0.717, 1.165) is 50.9 Å². The molecule has 0 aliphatic rings. The lowest BCUT2D eigenvalue weighted by atomic mass is 10.0. The molecule has 10 aromatic carbocycles. The predicted octanol–water partition coefficient (Wildman–Crippen LogP) is 17.4. The van der Waals surface area contributed by atoms with E-state index in [0.29, 0.717) is 0 Å². The average molecular weight is 836 g/mol. The molecule has 12 aromatic rings. The smallest absolute Gasteiger partial charge is 0.0547 e. The van der Waals surface area contributed by atoms with Gasteiger partial charge in [-0.1, -0.05) is 152 Å². The molecule has 2 heterocycles. The highest BCUT2D eigenvalue weighted by atomic mass is 32.1. The van der Waals surface area contributed by atoms with Crippen molar-refractivity contribution in [2.45, 2.75) is 0 Å². The normalized spacial score (nSPS) is 11.4. The summed E-state index contributed by atoms with van der Waals surface area (Å²) in [6, 6.07) is 90.1. The van der Waals surface area contributed by atoms with E-state index in [2.05, 4.69) is 263 Å². The van der Waals surface area contributed by atoms with Crippen LogP contribution in [0.1, 0.15) is 0 Å². The van der Waals surface area contributed by atoms with E-state index in [1.165, 1.54) is 53.1 Å². The van der Waals surface area contributed by atoms with Gasteiger partial charge in [0.15, 0.2) is 0 Å². The highest BCUT2D eigenvalue weighted by Crippen LogP contribution is 2.44. The van der Waals surface area contributed by atoms with Crippen LogP contribution in [0, 0.1) is 0 Å². The van der Waals surface area contributed by atoms with Gasteiger partial charge in [-0.25, -0.2) is 0 Å². The van der Waals surface area contributed by atoms with Crippen molar-refractivity contribution in [1.29, 1.82) is 0 Å². The Kier molecular flexibility index (Phi) is 9.36. The molecule has 3 nitrogen and oxygen atoms in total. The fourth-order valence-electron chi connectivity index (χ4n) is 9.36. The summed E-state index contributed by atoms with van der Waals surface area (Å²) in [6.45, 7) is 0. The number of aromatic nitrogens is 1. The van der Waals surface area contributed by atoms with E-state index in [1.807, 2.05) is 11.3 Å². The molecular formula is C60H41N3S. The van der Waals surface area contributed by atoms with Crippen LogP contribution < -0.4 is 9.80 Å². The average Bonchev–Trinajstić information content (AvgIpc) is 3.91. The third kappa shape index (κ3) is 6.69. The van der Waals surface area contributed by atoms with Crippen molar-refractivity contribution in [3.63, 3.8) is 0 Å². The molecule has 2 aromatic heterocycles. The van der Waals surface area contributed by atoms with E-state index in [1.54, 1.807) is 0 Å². The van der Waals surface area contributed by atoms with Gasteiger partial charge in [-0.2, -0.15) is 0 Å². The minimum atomic E-state index is 1.07. The summed E-state index contributed by atoms with van der Waals surface area (Å²) in [4.78, 5) is 4.76. The maximum Gasteiger partial charge on any atom is 0.0547 e. The van der Waals surface area contributed by atoms with Gasteiger partial charge in [-0.05, 0) is 119 Å². The number of hydrogen-bond acceptors (Lipinski definition) is 3. The van der Waals surface area contributed by atoms with Crippen molar-refractivity contribution < 1.29 is 0 Å². The second kappa shape index (κ2) is 15.9. The van der Waals surface area contributed by atoms with Crippen molar-refractivity contribution in [2.24, 2.45) is 0 Å². The van der Waals surface area contributed by atoms with Gasteiger partial charge in [0, 0.05) is 70.8 Å². The zero-order chi connectivity index (χ0) is 42.4. The summed E-state index contributed by atoms with van der Waals surface area (Å²) < 4.78 is 4.95. The van der Waals surface area contributed by atoms with Crippen molar-refractivity contribution in [2.75, 3.05) is 9.80 Å². The molecule has 0 N–H and O–H groups in total. The van der Waals surface area contributed by atoms with Gasteiger partial charge in [0.2, 0.25) is 0 Å². The number of thiophene rings is 1. The Balaban J connectivity index is 1.01. The van der Waals surface area contributed by atoms with E-state index < -0.39 is 0 Å². The van der Waals surface area contributed by atoms with Crippen LogP contribution in [-0.4, -0.2) is 4.57 Å². The molecule has 64 heavy (non-hydrogen) atoms. The maximum absolute atomic E-state index is 2.41. The van der Waals surface area contributed by atoms with Crippen LogP contribution in [0.25, 0.3) is 69.9 Å². The van der Waals surface area contributed by atoms with Crippen molar-refractivity contribution >= 4 is 87.4 Å². The highest BCUT2D eigenvalue weighted by Gasteiger charge is 2.20. The molecule has 0 bridgehead atoms. The first-order valence-electron chi connectivity index (χ1n) is 21.7. The Labute approximate surface area is 376 Å². The number of para-hydroxylation sites is 3. The highest BCUT2D eigenvalue weighted by molar-refractivity contribution is 7.25. The summed E-state index contributed by atoms with van der Waals surface area (Å²) in [5.41, 5.74) is 14.8. The van der Waals surface area contributed by atoms with Gasteiger partial charge in [0.05, 0.1) is 11.0 Å². The SMILES string of the molecule is c1ccc(-c2ccc(N(c3ccccc3)c3cccc(N(c4cccc(-c5ccc6c7ccccc7n(-c7ccccc7)c6c5)c4)c4ccc5c(c4)sc4ccccc45)c3)cc2)cc1. The molecule has 0 atom stereocenters. The van der Waals surface area contributed by atoms with Gasteiger partial charge in [0.1, 0.15) is 0 Å². The minimum Gasteiger partial charge on any atom is -0.310 e. The van der Waals surface area contributed by atoms with Crippen LogP contribution in [-0.2, 0) is 0 Å². The topological polar surface area (TPSA) is 11.4 Å². The fourth-order valence-corrected chi connectivity index (χ4v) is 10.5. The predicted molar refractivity (Wildman–Crippen MR) is 274 cm³/mol. The number of hydrogen-bond donors (Lipinski definition) is 0. The monoisotopic (exact) mass is 835 g/mol. The Morgan fingerprint density at radius 1 is 0.266 bits per heavy atom. The van der Waals surface area contributed by atoms with Gasteiger partial charge in [0.25, 0.3) is 0 Å². The summed E-state index contributed by atoms with van der Waals surface area (Å²) in [7, 11) is 0. The number of nitrogens with zero attached hydrogens (tertiary/aromatic N) is 3. The molecule has 0 saturated carbocycles. The number of rotatable bonds is 9. The standard InChI is InChI=1S/C60H41N3S/c1-4-16-42(17-5-1)43-30-33-48(34-31-43)61(46-19-6-2-7-20-46)50-24-15-25-51(40-50)62(52-35-37-56-55-27-11-13-29-59(55)64-60(56)41-52)49-23-14-18-44(38-49)45-32-36-54-53-26-10-12-28-57(53)63(58(54)39-45)47-21-8-3-9-22-47/h1-41H. The first kappa shape index (κ1) is 37.6. The van der Waals surface area contributed by atoms with Crippen molar-refractivity contribution in [3.8, 4) is 27.9 Å². The lowest BCUT2D eigenvalue weighted by Gasteiger charge is -2.29. The van der Waals surface area contributed by atoms with Crippen LogP contribution in [0.2, 0.25) is 0 Å². The van der Waals surface area contributed by atoms with Crippen molar-refractivity contribution in [1.82, 2.24) is 4.57 Å². The molecule has 0 aliphatic heterocycles. The fraction of sp³-hybridized carbons (Fsp3) is 0. The number of benzene rings is 10. The molecular weight excluding hydrogens is 795 g/mol. The van der Waals surface area contributed by atoms with Crippen LogP contribution in [0.4, 0.5) is 34.1 Å². The van der Waals surface area contributed by atoms with Crippen molar-refractivity contribution in [3.05, 3.63) is 249 Å². The zero-order valence-corrected chi connectivity index (χ0v) is 35.7. The second-order valence-electron chi connectivity index (χ2n) is 16.2. The van der Waals surface area contributed by atoms with Gasteiger partial charge in [-0.15, -0.1) is 11.3 Å². The van der Waals surface area contributed by atoms with Gasteiger partial charge >= 0.3 is 0 Å². The molecule has 0 spiro atoms. The van der Waals surface area contributed by atoms with Gasteiger partial charge in [-0.3, -0.25) is 0 Å². The molecule has 0 amide bonds. The lowest BCUT2D eigenvalue weighted by Crippen LogP contribution is -2.13. The van der Waals surface area contributed by atoms with E-state index in [-0.39, 0.29) is 0 Å². The minimum absolute atomic E-state index is 1.07. The Morgan fingerprint density at radius 2 is 0.734 bits per heavy atom. The molecule has 0 saturated heterocycles. The number of fused-ring (bicyclic) bond motifs is 6.